The highest BCUT2D eigenvalue weighted by atomic mass is 31.3. The van der Waals surface area contributed by atoms with E-state index in [-0.39, 0.29) is 30.8 Å². The molecule has 0 aliphatic carbocycles. The van der Waals surface area contributed by atoms with Crippen molar-refractivity contribution in [3.8, 4) is 0 Å². The maximum absolute atomic E-state index is 12.5. The molecule has 6 nitrogen and oxygen atoms in total. The van der Waals surface area contributed by atoms with Crippen LogP contribution >= 0.6 is 7.95 Å². The first kappa shape index (κ1) is 31.6. The van der Waals surface area contributed by atoms with Crippen LogP contribution in [0.5, 0.6) is 0 Å². The summed E-state index contributed by atoms with van der Waals surface area (Å²) in [6.07, 6.45) is 19.0. The SMILES string of the molecule is [2H]P([B][3H])[Si](=O)C[C@@H](CNC(=O)C[C@H](O)CCCCCCC)NC(=O)CCCCCCCCCCCCC. The summed E-state index contributed by atoms with van der Waals surface area (Å²) in [5, 5.41) is 15.8. The summed E-state index contributed by atoms with van der Waals surface area (Å²) in [5.41, 5.74) is 0. The number of aliphatic hydroxyl groups excluding tert-OH is 1. The average Bonchev–Trinajstić information content (AvgIpc) is 2.89. The monoisotopic (exact) mass is 544 g/mol. The van der Waals surface area contributed by atoms with Crippen LogP contribution in [0.15, 0.2) is 0 Å². The van der Waals surface area contributed by atoms with Gasteiger partial charge >= 0.3 is 0 Å². The zero-order chi connectivity index (χ0) is 28.4. The molecule has 1 radical (unpaired) electrons. The number of nitrogens with one attached hydrogen (secondary N) is 2. The lowest BCUT2D eigenvalue weighted by atomic mass is 10.1. The van der Waals surface area contributed by atoms with Gasteiger partial charge in [-0.25, -0.2) is 0 Å². The number of hydrogen-bond acceptors (Lipinski definition) is 4. The molecule has 0 spiro atoms. The molecule has 0 rings (SSSR count). The summed E-state index contributed by atoms with van der Waals surface area (Å²) < 4.78 is 27.4. The molecule has 0 fully saturated rings. The number of amides is 2. The molecule has 36 heavy (non-hydrogen) atoms. The van der Waals surface area contributed by atoms with Crippen LogP contribution in [0.3, 0.4) is 0 Å². The van der Waals surface area contributed by atoms with E-state index >= 15 is 0 Å². The predicted octanol–water partition coefficient (Wildman–Crippen LogP) is 5.81. The van der Waals surface area contributed by atoms with E-state index in [1.165, 1.54) is 57.8 Å². The normalized spacial score (nSPS) is 14.3. The third kappa shape index (κ3) is 23.8. The molecular formula is C27H55BN2O4PSi. The molecule has 0 aromatic heterocycles. The Kier molecular flexibility index (Phi) is 22.9. The zero-order valence-corrected chi connectivity index (χ0v) is 25.1. The molecule has 9 heteroatoms. The minimum atomic E-state index is -2.37. The van der Waals surface area contributed by atoms with Gasteiger partial charge in [-0.3, -0.25) is 9.59 Å². The minimum Gasteiger partial charge on any atom is -0.393 e. The lowest BCUT2D eigenvalue weighted by molar-refractivity contribution is -0.124. The Morgan fingerprint density at radius 2 is 1.44 bits per heavy atom. The van der Waals surface area contributed by atoms with Gasteiger partial charge in [-0.1, -0.05) is 110 Å². The molecule has 3 N–H and O–H groups in total. The van der Waals surface area contributed by atoms with Gasteiger partial charge in [0.2, 0.25) is 11.8 Å². The van der Waals surface area contributed by atoms with Crippen molar-refractivity contribution in [1.82, 2.24) is 10.6 Å². The highest BCUT2D eigenvalue weighted by Crippen LogP contribution is 2.13. The van der Waals surface area contributed by atoms with Crippen molar-refractivity contribution >= 4 is 35.6 Å². The van der Waals surface area contributed by atoms with Crippen molar-refractivity contribution < 1.29 is 19.2 Å². The predicted molar refractivity (Wildman–Crippen MR) is 157 cm³/mol. The van der Waals surface area contributed by atoms with Crippen molar-refractivity contribution in [2.24, 2.45) is 0 Å². The second-order valence-electron chi connectivity index (χ2n) is 10.1. The summed E-state index contributed by atoms with van der Waals surface area (Å²) in [7, 11) is -3.20. The van der Waals surface area contributed by atoms with Gasteiger partial charge in [0.1, 0.15) is 7.53 Å². The smallest absolute Gasteiger partial charge is 0.292 e. The summed E-state index contributed by atoms with van der Waals surface area (Å²) in [5.74, 6) is -0.429. The van der Waals surface area contributed by atoms with Crippen molar-refractivity contribution in [2.75, 3.05) is 6.54 Å². The van der Waals surface area contributed by atoms with E-state index in [1.807, 2.05) is 0 Å². The average molecular weight is 545 g/mol. The van der Waals surface area contributed by atoms with E-state index in [9.17, 15) is 19.2 Å². The topological polar surface area (TPSA) is 95.5 Å². The molecule has 0 aromatic carbocycles. The second kappa shape index (κ2) is 26.0. The molecule has 0 heterocycles. The molecule has 0 saturated carbocycles. The first-order valence-electron chi connectivity index (χ1n) is 15.6. The molecule has 2 amide bonds. The Hall–Kier alpha value is -0.588. The first-order chi connectivity index (χ1) is 18.3. The van der Waals surface area contributed by atoms with Crippen LogP contribution in [0, 0.1) is 0 Å². The highest BCUT2D eigenvalue weighted by Gasteiger charge is 2.18. The van der Waals surface area contributed by atoms with Crippen LogP contribution in [0.2, 0.25) is 6.04 Å². The fourth-order valence-corrected chi connectivity index (χ4v) is 6.05. The zero-order valence-electron chi connectivity index (χ0n) is 25.2. The number of carbonyl (C=O) groups is 2. The van der Waals surface area contributed by atoms with Gasteiger partial charge < -0.3 is 20.2 Å². The maximum atomic E-state index is 12.5. The van der Waals surface area contributed by atoms with E-state index < -0.39 is 28.4 Å². The lowest BCUT2D eigenvalue weighted by Gasteiger charge is -2.19. The Morgan fingerprint density at radius 1 is 0.917 bits per heavy atom. The van der Waals surface area contributed by atoms with Crippen LogP contribution in [-0.2, 0) is 14.1 Å². The standard InChI is InChI=1S/C27H55BN2O4PSi/c1-3-5-7-9-10-11-12-13-14-16-18-20-26(32)30-24(23-36(34)35-28)22-29-27(33)21-25(31)19-17-15-8-6-4-2/h24-25,28,31,35H,3-23H2,1-2H3,(H,29,33)(H,30,32)/t24-,25-,35?/m1/s1/i28T,35D. The third-order valence-corrected chi connectivity index (χ3v) is 9.09. The molecule has 0 aliphatic rings. The van der Waals surface area contributed by atoms with Gasteiger partial charge in [0, 0.05) is 25.1 Å². The lowest BCUT2D eigenvalue weighted by Crippen LogP contribution is -2.44. The molecule has 209 valence electrons. The molecule has 3 atom stereocenters. The van der Waals surface area contributed by atoms with Crippen molar-refractivity contribution in [3.05, 3.63) is 0 Å². The Bertz CT molecular complexity index is 626. The van der Waals surface area contributed by atoms with Crippen molar-refractivity contribution in [1.29, 1.82) is 2.61 Å². The van der Waals surface area contributed by atoms with Gasteiger partial charge in [0.15, 0.2) is 0 Å². The van der Waals surface area contributed by atoms with E-state index in [2.05, 4.69) is 24.5 Å². The van der Waals surface area contributed by atoms with Gasteiger partial charge in [-0.15, -0.1) is 7.95 Å². The minimum absolute atomic E-state index is 0.00796. The van der Waals surface area contributed by atoms with Crippen molar-refractivity contribution in [2.45, 2.75) is 154 Å². The summed E-state index contributed by atoms with van der Waals surface area (Å²) in [6.45, 7) is 4.50. The van der Waals surface area contributed by atoms with Gasteiger partial charge in [0.25, 0.3) is 8.35 Å². The number of rotatable bonds is 27. The van der Waals surface area contributed by atoms with E-state index in [1.54, 1.807) is 0 Å². The quantitative estimate of drug-likeness (QED) is 0.0691. The summed E-state index contributed by atoms with van der Waals surface area (Å²) in [4.78, 5) is 24.8. The number of hydrogen-bond donors (Lipinski definition) is 3. The number of aliphatic hydroxyl groups is 1. The summed E-state index contributed by atoms with van der Waals surface area (Å²) >= 11 is 0. The fourth-order valence-electron chi connectivity index (χ4n) is 4.30. The second-order valence-corrected chi connectivity index (χ2v) is 13.9. The third-order valence-electron chi connectivity index (χ3n) is 6.55. The maximum Gasteiger partial charge on any atom is 0.292 e. The van der Waals surface area contributed by atoms with Crippen LogP contribution in [0.1, 0.15) is 136 Å². The van der Waals surface area contributed by atoms with Crippen LogP contribution in [0.4, 0.5) is 0 Å². The molecule has 0 bridgehead atoms. The van der Waals surface area contributed by atoms with Gasteiger partial charge in [-0.05, 0) is 14.2 Å². The van der Waals surface area contributed by atoms with E-state index in [4.69, 9.17) is 2.61 Å². The van der Waals surface area contributed by atoms with Gasteiger partial charge in [0.05, 0.1) is 13.8 Å². The molecular weight excluding hydrogens is 486 g/mol. The van der Waals surface area contributed by atoms with E-state index in [0.29, 0.717) is 12.8 Å². The van der Waals surface area contributed by atoms with Crippen molar-refractivity contribution in [3.63, 3.8) is 0 Å². The molecule has 0 aliphatic heterocycles. The van der Waals surface area contributed by atoms with Gasteiger partial charge in [-0.2, -0.15) is 0 Å². The number of carbonyl (C=O) groups excluding carboxylic acids is 2. The van der Waals surface area contributed by atoms with Crippen LogP contribution in [0.25, 0.3) is 0 Å². The molecule has 1 unspecified atom stereocenters. The first-order valence-corrected chi connectivity index (χ1v) is 18.0. The summed E-state index contributed by atoms with van der Waals surface area (Å²) in [6, 6.07) is -0.438. The van der Waals surface area contributed by atoms with Crippen LogP contribution in [-0.4, -0.2) is 54.1 Å². The number of unbranched alkanes of at least 4 members (excludes halogenated alkanes) is 14. The Morgan fingerprint density at radius 3 is 2.00 bits per heavy atom. The molecule has 0 saturated heterocycles. The van der Waals surface area contributed by atoms with E-state index in [0.717, 1.165) is 52.5 Å². The highest BCUT2D eigenvalue weighted by molar-refractivity contribution is 7.91. The molecule has 0 aromatic rings. The Labute approximate surface area is 228 Å². The van der Waals surface area contributed by atoms with Crippen LogP contribution < -0.4 is 10.6 Å². The Balaban J connectivity index is 4.31. The fraction of sp³-hybridized carbons (Fsp3) is 0.926. The largest absolute Gasteiger partial charge is 0.393 e.